The molecule has 0 fully saturated rings. The highest BCUT2D eigenvalue weighted by Crippen LogP contribution is 2.31. The summed E-state index contributed by atoms with van der Waals surface area (Å²) in [6.45, 7) is 1.79. The van der Waals surface area contributed by atoms with Gasteiger partial charge in [-0.3, -0.25) is 0 Å². The number of hydrogen-bond acceptors (Lipinski definition) is 1. The van der Waals surface area contributed by atoms with E-state index in [0.717, 1.165) is 17.7 Å². The van der Waals surface area contributed by atoms with Crippen molar-refractivity contribution in [3.05, 3.63) is 63.9 Å². The van der Waals surface area contributed by atoms with Gasteiger partial charge in [0.05, 0.1) is 10.0 Å². The third kappa shape index (κ3) is 3.97. The molecule has 1 N–H and O–H groups in total. The average molecular weight is 362 g/mol. The summed E-state index contributed by atoms with van der Waals surface area (Å²) in [5.41, 5.74) is 0.415. The molecule has 6 heteroatoms. The molecule has 0 saturated heterocycles. The Morgan fingerprint density at radius 1 is 1.10 bits per heavy atom. The van der Waals surface area contributed by atoms with E-state index in [1.807, 2.05) is 0 Å². The fraction of sp³-hybridized carbons (Fsp3) is 0.200. The molecule has 0 bridgehead atoms. The van der Waals surface area contributed by atoms with Crippen LogP contribution in [-0.4, -0.2) is 0 Å². The topological polar surface area (TPSA) is 12.0 Å². The summed E-state index contributed by atoms with van der Waals surface area (Å²) in [5.74, 6) is -0.384. The van der Waals surface area contributed by atoms with Gasteiger partial charge in [-0.15, -0.1) is 0 Å². The predicted molar refractivity (Wildman–Crippen MR) is 77.6 cm³/mol. The van der Waals surface area contributed by atoms with E-state index in [9.17, 15) is 17.6 Å². The van der Waals surface area contributed by atoms with Crippen LogP contribution in [0.3, 0.4) is 0 Å². The zero-order valence-electron chi connectivity index (χ0n) is 11.0. The first kappa shape index (κ1) is 15.8. The molecule has 1 nitrogen and oxygen atoms in total. The lowest BCUT2D eigenvalue weighted by Crippen LogP contribution is -2.09. The van der Waals surface area contributed by atoms with E-state index in [1.54, 1.807) is 25.1 Å². The van der Waals surface area contributed by atoms with Crippen LogP contribution in [0.1, 0.15) is 24.1 Å². The van der Waals surface area contributed by atoms with Crippen LogP contribution in [0.15, 0.2) is 46.9 Å². The van der Waals surface area contributed by atoms with Crippen LogP contribution < -0.4 is 5.32 Å². The number of nitrogens with one attached hydrogen (secondary N) is 1. The summed E-state index contributed by atoms with van der Waals surface area (Å²) in [6, 6.07) is 9.21. The van der Waals surface area contributed by atoms with Crippen molar-refractivity contribution in [1.82, 2.24) is 0 Å². The van der Waals surface area contributed by atoms with E-state index < -0.39 is 11.7 Å². The highest BCUT2D eigenvalue weighted by molar-refractivity contribution is 9.10. The molecule has 0 radical (unpaired) electrons. The number of rotatable bonds is 3. The lowest BCUT2D eigenvalue weighted by Gasteiger charge is -2.17. The second-order valence-corrected chi connectivity index (χ2v) is 5.47. The quantitative estimate of drug-likeness (QED) is 0.683. The summed E-state index contributed by atoms with van der Waals surface area (Å²) in [7, 11) is 0. The molecular weight excluding hydrogens is 350 g/mol. The van der Waals surface area contributed by atoms with Gasteiger partial charge in [-0.05, 0) is 58.7 Å². The monoisotopic (exact) mass is 361 g/mol. The summed E-state index contributed by atoms with van der Waals surface area (Å²) < 4.78 is 51.4. The maximum Gasteiger partial charge on any atom is 0.416 e. The molecule has 0 aliphatic carbocycles. The van der Waals surface area contributed by atoms with Crippen LogP contribution in [-0.2, 0) is 6.18 Å². The highest BCUT2D eigenvalue weighted by atomic mass is 79.9. The highest BCUT2D eigenvalue weighted by Gasteiger charge is 2.30. The zero-order chi connectivity index (χ0) is 15.6. The molecule has 0 aliphatic rings. The van der Waals surface area contributed by atoms with Gasteiger partial charge in [0.15, 0.2) is 0 Å². The molecule has 2 rings (SSSR count). The number of anilines is 1. The molecular formula is C15H12BrF4N. The summed E-state index contributed by atoms with van der Waals surface area (Å²) in [6.07, 6.45) is -4.38. The van der Waals surface area contributed by atoms with Gasteiger partial charge < -0.3 is 5.32 Å². The van der Waals surface area contributed by atoms with E-state index in [0.29, 0.717) is 10.2 Å². The van der Waals surface area contributed by atoms with E-state index in [1.165, 1.54) is 12.1 Å². The Hall–Kier alpha value is -1.56. The molecule has 0 spiro atoms. The minimum Gasteiger partial charge on any atom is -0.379 e. The second kappa shape index (κ2) is 6.05. The Morgan fingerprint density at radius 3 is 2.43 bits per heavy atom. The Morgan fingerprint density at radius 2 is 1.81 bits per heavy atom. The number of alkyl halides is 3. The van der Waals surface area contributed by atoms with Gasteiger partial charge >= 0.3 is 6.18 Å². The van der Waals surface area contributed by atoms with E-state index in [2.05, 4.69) is 21.2 Å². The molecule has 0 heterocycles. The van der Waals surface area contributed by atoms with Gasteiger partial charge in [-0.2, -0.15) is 13.2 Å². The first-order valence-electron chi connectivity index (χ1n) is 6.16. The summed E-state index contributed by atoms with van der Waals surface area (Å²) in [5, 5.41) is 2.97. The van der Waals surface area contributed by atoms with Crippen molar-refractivity contribution < 1.29 is 17.6 Å². The average Bonchev–Trinajstić information content (AvgIpc) is 2.41. The van der Waals surface area contributed by atoms with Gasteiger partial charge in [0.2, 0.25) is 0 Å². The van der Waals surface area contributed by atoms with Crippen molar-refractivity contribution in [2.45, 2.75) is 19.1 Å². The number of benzene rings is 2. The molecule has 0 saturated carbocycles. The summed E-state index contributed by atoms with van der Waals surface area (Å²) >= 11 is 3.09. The molecule has 2 aromatic rings. The van der Waals surface area contributed by atoms with Crippen LogP contribution in [0.5, 0.6) is 0 Å². The Kier molecular flexibility index (Phi) is 4.56. The molecule has 1 unspecified atom stereocenters. The molecule has 2 aromatic carbocycles. The van der Waals surface area contributed by atoms with Crippen LogP contribution in [0, 0.1) is 5.82 Å². The standard InChI is InChI=1S/C15H12BrF4N/c1-9(10-5-6-14(17)13(16)7-10)21-12-4-2-3-11(8-12)15(18,19)20/h2-9,21H,1H3. The van der Waals surface area contributed by atoms with Crippen LogP contribution in [0.4, 0.5) is 23.2 Å². The molecule has 0 aliphatic heterocycles. The fourth-order valence-corrected chi connectivity index (χ4v) is 2.30. The van der Waals surface area contributed by atoms with Crippen LogP contribution >= 0.6 is 15.9 Å². The van der Waals surface area contributed by atoms with Crippen molar-refractivity contribution in [1.29, 1.82) is 0 Å². The van der Waals surface area contributed by atoms with Crippen molar-refractivity contribution >= 4 is 21.6 Å². The van der Waals surface area contributed by atoms with Gasteiger partial charge in [-0.1, -0.05) is 12.1 Å². The number of halogens is 5. The molecule has 112 valence electrons. The second-order valence-electron chi connectivity index (χ2n) is 4.62. The minimum atomic E-state index is -4.38. The fourth-order valence-electron chi connectivity index (χ4n) is 1.90. The Labute approximate surface area is 128 Å². The smallest absolute Gasteiger partial charge is 0.379 e. The molecule has 0 aromatic heterocycles. The maximum atomic E-state index is 13.2. The third-order valence-electron chi connectivity index (χ3n) is 3.02. The first-order chi connectivity index (χ1) is 9.77. The van der Waals surface area contributed by atoms with Gasteiger partial charge in [0.1, 0.15) is 5.82 Å². The lowest BCUT2D eigenvalue weighted by atomic mass is 10.1. The van der Waals surface area contributed by atoms with Crippen molar-refractivity contribution in [3.8, 4) is 0 Å². The van der Waals surface area contributed by atoms with E-state index in [-0.39, 0.29) is 11.9 Å². The van der Waals surface area contributed by atoms with E-state index in [4.69, 9.17) is 0 Å². The number of hydrogen-bond donors (Lipinski definition) is 1. The predicted octanol–water partition coefficient (Wildman–Crippen LogP) is 5.78. The van der Waals surface area contributed by atoms with Crippen molar-refractivity contribution in [2.75, 3.05) is 5.32 Å². The third-order valence-corrected chi connectivity index (χ3v) is 3.62. The van der Waals surface area contributed by atoms with Gasteiger partial charge in [0, 0.05) is 11.7 Å². The molecule has 1 atom stereocenters. The van der Waals surface area contributed by atoms with Gasteiger partial charge in [0.25, 0.3) is 0 Å². The Bertz CT molecular complexity index is 640. The van der Waals surface area contributed by atoms with Gasteiger partial charge in [-0.25, -0.2) is 4.39 Å². The first-order valence-corrected chi connectivity index (χ1v) is 6.95. The lowest BCUT2D eigenvalue weighted by molar-refractivity contribution is -0.137. The summed E-state index contributed by atoms with van der Waals surface area (Å²) in [4.78, 5) is 0. The molecule has 0 amide bonds. The maximum absolute atomic E-state index is 13.2. The molecule has 21 heavy (non-hydrogen) atoms. The van der Waals surface area contributed by atoms with Crippen LogP contribution in [0.2, 0.25) is 0 Å². The van der Waals surface area contributed by atoms with E-state index >= 15 is 0 Å². The minimum absolute atomic E-state index is 0.259. The SMILES string of the molecule is CC(Nc1cccc(C(F)(F)F)c1)c1ccc(F)c(Br)c1. The largest absolute Gasteiger partial charge is 0.416 e. The van der Waals surface area contributed by atoms with Crippen LogP contribution in [0.25, 0.3) is 0 Å². The van der Waals surface area contributed by atoms with Crippen molar-refractivity contribution in [3.63, 3.8) is 0 Å². The van der Waals surface area contributed by atoms with Crippen molar-refractivity contribution in [2.24, 2.45) is 0 Å². The Balaban J connectivity index is 2.19. The normalized spacial score (nSPS) is 13.0. The zero-order valence-corrected chi connectivity index (χ0v) is 12.6.